The molecular weight excluding hydrogens is 443 g/mol. The van der Waals surface area contributed by atoms with Gasteiger partial charge in [0.2, 0.25) is 10.1 Å². The highest BCUT2D eigenvalue weighted by atomic mass is 35.5. The lowest BCUT2D eigenvalue weighted by Crippen LogP contribution is -2.08. The summed E-state index contributed by atoms with van der Waals surface area (Å²) in [5, 5.41) is 14.0. The van der Waals surface area contributed by atoms with Crippen LogP contribution in [-0.4, -0.2) is 24.7 Å². The summed E-state index contributed by atoms with van der Waals surface area (Å²) < 4.78 is 7.13. The van der Waals surface area contributed by atoms with Gasteiger partial charge in [0.05, 0.1) is 17.9 Å². The molecule has 2 aromatic carbocycles. The molecule has 0 saturated heterocycles. The number of nitrogens with zero attached hydrogens (tertiary/aromatic N) is 5. The Kier molecular flexibility index (Phi) is 4.90. The number of aromatic nitrogens is 5. The van der Waals surface area contributed by atoms with Crippen LogP contribution in [0.3, 0.4) is 0 Å². The van der Waals surface area contributed by atoms with Gasteiger partial charge >= 0.3 is 0 Å². The molecule has 30 heavy (non-hydrogen) atoms. The fraction of sp³-hybridized carbons (Fsp3) is 0.100. The molecule has 0 saturated carbocycles. The van der Waals surface area contributed by atoms with E-state index in [4.69, 9.17) is 27.7 Å². The lowest BCUT2D eigenvalue weighted by molar-refractivity contribution is 0.420. The SMILES string of the molecule is CC(Nc1nn2cc(-c3ccc(Cl)cc3)nc2s1)c1noc(-c2ccc(Cl)cc2)n1. The summed E-state index contributed by atoms with van der Waals surface area (Å²) in [6, 6.07) is 14.6. The van der Waals surface area contributed by atoms with Gasteiger partial charge in [-0.05, 0) is 43.3 Å². The van der Waals surface area contributed by atoms with Crippen molar-refractivity contribution in [2.24, 2.45) is 0 Å². The van der Waals surface area contributed by atoms with Gasteiger partial charge in [0, 0.05) is 21.2 Å². The predicted octanol–water partition coefficient (Wildman–Crippen LogP) is 5.99. The fourth-order valence-electron chi connectivity index (χ4n) is 2.89. The van der Waals surface area contributed by atoms with Gasteiger partial charge in [0.25, 0.3) is 5.89 Å². The minimum Gasteiger partial charge on any atom is -0.350 e. The molecule has 3 aromatic heterocycles. The largest absolute Gasteiger partial charge is 0.350 e. The van der Waals surface area contributed by atoms with Crippen molar-refractivity contribution in [2.45, 2.75) is 13.0 Å². The molecule has 5 aromatic rings. The van der Waals surface area contributed by atoms with E-state index in [0.717, 1.165) is 21.8 Å². The van der Waals surface area contributed by atoms with E-state index in [-0.39, 0.29) is 6.04 Å². The van der Waals surface area contributed by atoms with Gasteiger partial charge < -0.3 is 9.84 Å². The number of fused-ring (bicyclic) bond motifs is 1. The zero-order valence-corrected chi connectivity index (χ0v) is 17.9. The van der Waals surface area contributed by atoms with Crippen LogP contribution in [0.2, 0.25) is 10.0 Å². The zero-order valence-electron chi connectivity index (χ0n) is 15.6. The summed E-state index contributed by atoms with van der Waals surface area (Å²) in [7, 11) is 0. The average Bonchev–Trinajstić information content (AvgIpc) is 3.44. The maximum absolute atomic E-state index is 5.95. The molecule has 0 aliphatic heterocycles. The third kappa shape index (κ3) is 3.77. The van der Waals surface area contributed by atoms with E-state index in [0.29, 0.717) is 26.9 Å². The van der Waals surface area contributed by atoms with Crippen LogP contribution in [0.5, 0.6) is 0 Å². The highest BCUT2D eigenvalue weighted by Gasteiger charge is 2.17. The Balaban J connectivity index is 1.32. The zero-order chi connectivity index (χ0) is 20.7. The summed E-state index contributed by atoms with van der Waals surface area (Å²) in [6.07, 6.45) is 1.89. The van der Waals surface area contributed by atoms with Gasteiger partial charge in [-0.25, -0.2) is 9.50 Å². The van der Waals surface area contributed by atoms with Crippen LogP contribution in [0, 0.1) is 0 Å². The van der Waals surface area contributed by atoms with Gasteiger partial charge in [-0.1, -0.05) is 51.8 Å². The van der Waals surface area contributed by atoms with Crippen molar-refractivity contribution in [2.75, 3.05) is 5.32 Å². The third-order valence-electron chi connectivity index (χ3n) is 4.44. The van der Waals surface area contributed by atoms with Crippen molar-refractivity contribution >= 4 is 44.6 Å². The summed E-state index contributed by atoms with van der Waals surface area (Å²) in [5.41, 5.74) is 2.64. The van der Waals surface area contributed by atoms with E-state index in [2.05, 4.69) is 25.5 Å². The molecule has 0 bridgehead atoms. The first-order valence-electron chi connectivity index (χ1n) is 9.03. The summed E-state index contributed by atoms with van der Waals surface area (Å²) in [6.45, 7) is 1.94. The number of anilines is 1. The third-order valence-corrected chi connectivity index (χ3v) is 5.80. The smallest absolute Gasteiger partial charge is 0.257 e. The number of benzene rings is 2. The van der Waals surface area contributed by atoms with Crippen LogP contribution in [0.15, 0.2) is 59.3 Å². The Morgan fingerprint density at radius 3 is 2.30 bits per heavy atom. The summed E-state index contributed by atoms with van der Waals surface area (Å²) >= 11 is 13.3. The summed E-state index contributed by atoms with van der Waals surface area (Å²) in [4.78, 5) is 9.89. The van der Waals surface area contributed by atoms with Gasteiger partial charge in [-0.2, -0.15) is 4.98 Å². The molecule has 1 atom stereocenters. The van der Waals surface area contributed by atoms with Gasteiger partial charge in [0.1, 0.15) is 0 Å². The Labute approximate surface area is 185 Å². The molecule has 0 spiro atoms. The van der Waals surface area contributed by atoms with Crippen molar-refractivity contribution < 1.29 is 4.52 Å². The lowest BCUT2D eigenvalue weighted by Gasteiger charge is -2.06. The molecule has 0 radical (unpaired) electrons. The van der Waals surface area contributed by atoms with Gasteiger partial charge in [-0.15, -0.1) is 5.10 Å². The second-order valence-corrected chi connectivity index (χ2v) is 8.43. The molecular formula is C20H14Cl2N6OS. The number of imidazole rings is 1. The number of hydrogen-bond acceptors (Lipinski definition) is 7. The van der Waals surface area contributed by atoms with E-state index in [1.165, 1.54) is 11.3 Å². The molecule has 5 rings (SSSR count). The Hall–Kier alpha value is -2.94. The molecule has 0 amide bonds. The van der Waals surface area contributed by atoms with E-state index < -0.39 is 0 Å². The number of hydrogen-bond donors (Lipinski definition) is 1. The maximum Gasteiger partial charge on any atom is 0.257 e. The first-order chi connectivity index (χ1) is 14.5. The standard InChI is InChI=1S/C20H14Cl2N6OS/c1-11(17-25-18(29-27-17)13-4-8-15(22)9-5-13)23-19-26-28-10-16(24-20(28)30-19)12-2-6-14(21)7-3-12/h2-11H,1H3,(H,23,26). The van der Waals surface area contributed by atoms with E-state index in [9.17, 15) is 0 Å². The molecule has 1 N–H and O–H groups in total. The number of nitrogens with one attached hydrogen (secondary N) is 1. The van der Waals surface area contributed by atoms with Crippen LogP contribution >= 0.6 is 34.5 Å². The maximum atomic E-state index is 5.95. The minimum atomic E-state index is -0.193. The van der Waals surface area contributed by atoms with Crippen molar-refractivity contribution in [3.63, 3.8) is 0 Å². The summed E-state index contributed by atoms with van der Waals surface area (Å²) in [5.74, 6) is 0.978. The Morgan fingerprint density at radius 2 is 1.63 bits per heavy atom. The molecule has 7 nitrogen and oxygen atoms in total. The van der Waals surface area contributed by atoms with Crippen LogP contribution in [0.25, 0.3) is 27.7 Å². The Morgan fingerprint density at radius 1 is 0.967 bits per heavy atom. The van der Waals surface area contributed by atoms with E-state index >= 15 is 0 Å². The molecule has 0 fully saturated rings. The normalized spacial score (nSPS) is 12.4. The average molecular weight is 457 g/mol. The van der Waals surface area contributed by atoms with Crippen LogP contribution < -0.4 is 5.32 Å². The molecule has 10 heteroatoms. The van der Waals surface area contributed by atoms with E-state index in [1.807, 2.05) is 49.5 Å². The monoisotopic (exact) mass is 456 g/mol. The Bertz CT molecular complexity index is 1280. The first-order valence-corrected chi connectivity index (χ1v) is 10.6. The van der Waals surface area contributed by atoms with Crippen LogP contribution in [0.1, 0.15) is 18.8 Å². The van der Waals surface area contributed by atoms with Crippen LogP contribution in [-0.2, 0) is 0 Å². The van der Waals surface area contributed by atoms with Gasteiger partial charge in [0.15, 0.2) is 5.82 Å². The van der Waals surface area contributed by atoms with Crippen molar-refractivity contribution in [3.8, 4) is 22.7 Å². The van der Waals surface area contributed by atoms with Gasteiger partial charge in [-0.3, -0.25) is 0 Å². The van der Waals surface area contributed by atoms with Crippen molar-refractivity contribution in [1.29, 1.82) is 0 Å². The number of rotatable bonds is 5. The minimum absolute atomic E-state index is 0.193. The quantitative estimate of drug-likeness (QED) is 0.349. The lowest BCUT2D eigenvalue weighted by atomic mass is 10.2. The highest BCUT2D eigenvalue weighted by molar-refractivity contribution is 7.20. The van der Waals surface area contributed by atoms with E-state index in [1.54, 1.807) is 16.6 Å². The number of halogens is 2. The fourth-order valence-corrected chi connectivity index (χ4v) is 4.01. The van der Waals surface area contributed by atoms with Crippen LogP contribution in [0.4, 0.5) is 5.13 Å². The molecule has 150 valence electrons. The topological polar surface area (TPSA) is 81.1 Å². The molecule has 1 unspecified atom stereocenters. The molecule has 3 heterocycles. The predicted molar refractivity (Wildman–Crippen MR) is 118 cm³/mol. The first kappa shape index (κ1) is 19.0. The molecule has 0 aliphatic carbocycles. The second kappa shape index (κ2) is 7.71. The highest BCUT2D eigenvalue weighted by Crippen LogP contribution is 2.28. The van der Waals surface area contributed by atoms with Crippen molar-refractivity contribution in [1.82, 2.24) is 24.7 Å². The van der Waals surface area contributed by atoms with Crippen molar-refractivity contribution in [3.05, 3.63) is 70.6 Å². The second-order valence-electron chi connectivity index (χ2n) is 6.60. The molecule has 0 aliphatic rings.